The standard InChI is InChI=1S/C12H11BrN4O2/c13-10-8(3-4-14)16-12-15-7-2-1-6(11(18)19)5-9(7)17(10)12/h1-2,5H,3-4,14H2,(H,15,16)(H,18,19). The number of rotatable bonds is 3. The van der Waals surface area contributed by atoms with Gasteiger partial charge in [0.05, 0.1) is 22.3 Å². The van der Waals surface area contributed by atoms with E-state index in [1.807, 2.05) is 4.40 Å². The highest BCUT2D eigenvalue weighted by atomic mass is 79.9. The summed E-state index contributed by atoms with van der Waals surface area (Å²) in [7, 11) is 0. The summed E-state index contributed by atoms with van der Waals surface area (Å²) in [4.78, 5) is 18.6. The van der Waals surface area contributed by atoms with Crippen molar-refractivity contribution in [3.63, 3.8) is 0 Å². The number of H-pyrrole nitrogens is 1. The van der Waals surface area contributed by atoms with E-state index in [1.165, 1.54) is 0 Å². The fourth-order valence-electron chi connectivity index (χ4n) is 2.12. The first-order valence-corrected chi connectivity index (χ1v) is 6.53. The summed E-state index contributed by atoms with van der Waals surface area (Å²) in [5, 5.41) is 9.05. The van der Waals surface area contributed by atoms with Gasteiger partial charge in [0.1, 0.15) is 4.60 Å². The second kappa shape index (κ2) is 4.36. The number of nitrogens with two attached hydrogens (primary N) is 1. The molecule has 0 unspecified atom stereocenters. The van der Waals surface area contributed by atoms with Crippen LogP contribution in [0.1, 0.15) is 16.1 Å². The van der Waals surface area contributed by atoms with E-state index in [4.69, 9.17) is 10.8 Å². The van der Waals surface area contributed by atoms with Gasteiger partial charge in [0.2, 0.25) is 5.78 Å². The Balaban J connectivity index is 2.31. The van der Waals surface area contributed by atoms with Gasteiger partial charge in [-0.05, 0) is 40.7 Å². The zero-order chi connectivity index (χ0) is 13.6. The van der Waals surface area contributed by atoms with Gasteiger partial charge in [-0.3, -0.25) is 4.40 Å². The monoisotopic (exact) mass is 322 g/mol. The maximum Gasteiger partial charge on any atom is 0.335 e. The molecule has 0 aliphatic heterocycles. The Morgan fingerprint density at radius 3 is 3.00 bits per heavy atom. The predicted molar refractivity (Wildman–Crippen MR) is 74.5 cm³/mol. The van der Waals surface area contributed by atoms with Crippen molar-refractivity contribution in [2.75, 3.05) is 6.54 Å². The first-order valence-electron chi connectivity index (χ1n) is 5.73. The number of hydrogen-bond donors (Lipinski definition) is 3. The number of nitrogens with one attached hydrogen (secondary N) is 1. The largest absolute Gasteiger partial charge is 0.478 e. The Kier molecular flexibility index (Phi) is 2.79. The highest BCUT2D eigenvalue weighted by Crippen LogP contribution is 2.25. The smallest absolute Gasteiger partial charge is 0.335 e. The van der Waals surface area contributed by atoms with Gasteiger partial charge in [0.15, 0.2) is 0 Å². The lowest BCUT2D eigenvalue weighted by Gasteiger charge is -1.98. The molecule has 2 heterocycles. The molecule has 0 bridgehead atoms. The summed E-state index contributed by atoms with van der Waals surface area (Å²) in [5.41, 5.74) is 8.24. The van der Waals surface area contributed by atoms with E-state index in [2.05, 4.69) is 25.9 Å². The van der Waals surface area contributed by atoms with Crippen LogP contribution in [0.2, 0.25) is 0 Å². The third-order valence-electron chi connectivity index (χ3n) is 3.00. The summed E-state index contributed by atoms with van der Waals surface area (Å²) < 4.78 is 2.69. The van der Waals surface area contributed by atoms with E-state index in [9.17, 15) is 4.79 Å². The van der Waals surface area contributed by atoms with Crippen molar-refractivity contribution in [3.8, 4) is 0 Å². The molecule has 98 valence electrons. The fourth-order valence-corrected chi connectivity index (χ4v) is 2.78. The van der Waals surface area contributed by atoms with Crippen LogP contribution in [-0.2, 0) is 6.42 Å². The van der Waals surface area contributed by atoms with Gasteiger partial charge in [-0.25, -0.2) is 9.78 Å². The van der Waals surface area contributed by atoms with E-state index >= 15 is 0 Å². The third kappa shape index (κ3) is 1.82. The molecule has 0 amide bonds. The first-order chi connectivity index (χ1) is 9.11. The number of carboxylic acids is 1. The lowest BCUT2D eigenvalue weighted by molar-refractivity contribution is 0.0697. The van der Waals surface area contributed by atoms with Gasteiger partial charge in [-0.15, -0.1) is 0 Å². The topological polar surface area (TPSA) is 96.4 Å². The molecule has 3 aromatic rings. The number of imidazole rings is 2. The van der Waals surface area contributed by atoms with Crippen molar-refractivity contribution in [2.45, 2.75) is 6.42 Å². The summed E-state index contributed by atoms with van der Waals surface area (Å²) in [6.07, 6.45) is 0.698. The Morgan fingerprint density at radius 1 is 1.53 bits per heavy atom. The number of aromatic carboxylic acids is 1. The summed E-state index contributed by atoms with van der Waals surface area (Å²) in [6, 6.07) is 4.86. The molecule has 2 aromatic heterocycles. The van der Waals surface area contributed by atoms with Crippen LogP contribution < -0.4 is 5.73 Å². The fraction of sp³-hybridized carbons (Fsp3) is 0.167. The van der Waals surface area contributed by atoms with Crippen molar-refractivity contribution < 1.29 is 9.90 Å². The van der Waals surface area contributed by atoms with Crippen LogP contribution in [0.4, 0.5) is 0 Å². The number of nitrogens with zero attached hydrogens (tertiary/aromatic N) is 2. The molecule has 1 aromatic carbocycles. The molecular weight excluding hydrogens is 312 g/mol. The lowest BCUT2D eigenvalue weighted by atomic mass is 10.2. The Hall–Kier alpha value is -1.86. The van der Waals surface area contributed by atoms with Crippen LogP contribution >= 0.6 is 15.9 Å². The van der Waals surface area contributed by atoms with Crippen LogP contribution in [0.15, 0.2) is 22.8 Å². The van der Waals surface area contributed by atoms with Crippen molar-refractivity contribution in [3.05, 3.63) is 34.1 Å². The number of halogens is 1. The third-order valence-corrected chi connectivity index (χ3v) is 3.84. The molecule has 0 aliphatic carbocycles. The number of carboxylic acid groups (broad SMARTS) is 1. The molecule has 0 radical (unpaired) electrons. The number of aromatic nitrogens is 3. The maximum absolute atomic E-state index is 11.0. The minimum absolute atomic E-state index is 0.239. The van der Waals surface area contributed by atoms with Crippen LogP contribution in [0.5, 0.6) is 0 Å². The average molecular weight is 323 g/mol. The summed E-state index contributed by atoms with van der Waals surface area (Å²) in [5.74, 6) is -0.279. The van der Waals surface area contributed by atoms with E-state index in [1.54, 1.807) is 18.2 Å². The molecule has 6 nitrogen and oxygen atoms in total. The van der Waals surface area contributed by atoms with Gasteiger partial charge in [-0.1, -0.05) is 0 Å². The van der Waals surface area contributed by atoms with E-state index < -0.39 is 5.97 Å². The SMILES string of the molecule is NCCc1[nH]c2nc3ccc(C(=O)O)cc3n2c1Br. The molecular formula is C12H11BrN4O2. The zero-order valence-corrected chi connectivity index (χ0v) is 11.4. The van der Waals surface area contributed by atoms with Gasteiger partial charge in [-0.2, -0.15) is 0 Å². The van der Waals surface area contributed by atoms with Gasteiger partial charge in [0.25, 0.3) is 0 Å². The molecule has 0 fully saturated rings. The number of aromatic amines is 1. The summed E-state index contributed by atoms with van der Waals surface area (Å²) in [6.45, 7) is 0.528. The Morgan fingerprint density at radius 2 is 2.32 bits per heavy atom. The van der Waals surface area contributed by atoms with Gasteiger partial charge < -0.3 is 15.8 Å². The van der Waals surface area contributed by atoms with Crippen LogP contribution in [-0.4, -0.2) is 32.0 Å². The molecule has 19 heavy (non-hydrogen) atoms. The lowest BCUT2D eigenvalue weighted by Crippen LogP contribution is -2.03. The van der Waals surface area contributed by atoms with Gasteiger partial charge >= 0.3 is 5.97 Å². The van der Waals surface area contributed by atoms with Crippen molar-refractivity contribution in [2.24, 2.45) is 5.73 Å². The van der Waals surface area contributed by atoms with Gasteiger partial charge in [0, 0.05) is 6.42 Å². The molecule has 7 heteroatoms. The molecule has 0 saturated carbocycles. The highest BCUT2D eigenvalue weighted by molar-refractivity contribution is 9.10. The molecule has 0 aliphatic rings. The molecule has 3 rings (SSSR count). The summed E-state index contributed by atoms with van der Waals surface area (Å²) >= 11 is 3.50. The molecule has 0 spiro atoms. The number of fused-ring (bicyclic) bond motifs is 3. The minimum Gasteiger partial charge on any atom is -0.478 e. The van der Waals surface area contributed by atoms with E-state index in [-0.39, 0.29) is 5.56 Å². The zero-order valence-electron chi connectivity index (χ0n) is 9.85. The molecule has 0 saturated heterocycles. The number of benzene rings is 1. The van der Waals surface area contributed by atoms with Crippen LogP contribution in [0.3, 0.4) is 0 Å². The van der Waals surface area contributed by atoms with E-state index in [0.717, 1.165) is 21.3 Å². The van der Waals surface area contributed by atoms with Crippen molar-refractivity contribution in [1.82, 2.24) is 14.4 Å². The van der Waals surface area contributed by atoms with Crippen LogP contribution in [0, 0.1) is 0 Å². The average Bonchev–Trinajstić information content (AvgIpc) is 2.87. The normalized spacial score (nSPS) is 11.5. The maximum atomic E-state index is 11.0. The van der Waals surface area contributed by atoms with Crippen LogP contribution in [0.25, 0.3) is 16.8 Å². The Labute approximate surface area is 116 Å². The Bertz CT molecular complexity index is 790. The molecule has 0 atom stereocenters. The van der Waals surface area contributed by atoms with Crippen molar-refractivity contribution in [1.29, 1.82) is 0 Å². The first kappa shape index (κ1) is 12.2. The highest BCUT2D eigenvalue weighted by Gasteiger charge is 2.15. The minimum atomic E-state index is -0.953. The molecule has 4 N–H and O–H groups in total. The second-order valence-electron chi connectivity index (χ2n) is 4.21. The number of hydrogen-bond acceptors (Lipinski definition) is 3. The quantitative estimate of drug-likeness (QED) is 0.684. The second-order valence-corrected chi connectivity index (χ2v) is 4.96. The predicted octanol–water partition coefficient (Wildman–Crippen LogP) is 1.78. The van der Waals surface area contributed by atoms with Crippen molar-refractivity contribution >= 4 is 38.7 Å². The number of carbonyl (C=O) groups is 1. The van der Waals surface area contributed by atoms with E-state index in [0.29, 0.717) is 18.7 Å².